The lowest BCUT2D eigenvalue weighted by Crippen LogP contribution is -2.60. The molecular weight excluding hydrogens is 1020 g/mol. The number of hydrogen-bond donors (Lipinski definition) is 0. The molecule has 5 aliphatic rings. The van der Waals surface area contributed by atoms with E-state index in [2.05, 4.69) is 288 Å². The lowest BCUT2D eigenvalue weighted by atomic mass is 9.36. The van der Waals surface area contributed by atoms with E-state index < -0.39 is 0 Å². The van der Waals surface area contributed by atoms with E-state index in [1.54, 1.807) is 0 Å². The predicted molar refractivity (Wildman–Crippen MR) is 358 cm³/mol. The molecule has 1 aromatic heterocycles. The molecule has 0 saturated carbocycles. The molecule has 3 heterocycles. The van der Waals surface area contributed by atoms with Crippen LogP contribution in [0.3, 0.4) is 0 Å². The first kappa shape index (κ1) is 54.0. The fourth-order valence-corrected chi connectivity index (χ4v) is 16.8. The lowest BCUT2D eigenvalue weighted by Gasteiger charge is -2.46. The summed E-state index contributed by atoms with van der Waals surface area (Å²) >= 11 is 2.05. The van der Waals surface area contributed by atoms with E-state index in [0.29, 0.717) is 0 Å². The molecule has 0 fully saturated rings. The van der Waals surface area contributed by atoms with Crippen molar-refractivity contribution in [3.63, 3.8) is 0 Å². The number of thiophene rings is 1. The smallest absolute Gasteiger partial charge is 0.264 e. The van der Waals surface area contributed by atoms with E-state index in [-0.39, 0.29) is 44.6 Å². The van der Waals surface area contributed by atoms with Crippen LogP contribution < -0.4 is 30.4 Å². The SMILES string of the molecule is CC(C)(C)c1cc2c3c(c1)N(c1ccc4c(c1)C(C)(C)CCC4(C)C)c1c(sc4cc5c(cc14)C(C)(C)CCC5(C)C)B3c1ccc(N(c3cc#ccc3)c3ccc(-c4ccccc4)cc3)cc1N2c1ccc2c(c1)C(C)(C)CCC2(C)C. The molecule has 0 unspecified atom stereocenters. The zero-order valence-corrected chi connectivity index (χ0v) is 52.8. The van der Waals surface area contributed by atoms with Gasteiger partial charge in [-0.05, 0) is 222 Å². The van der Waals surface area contributed by atoms with Crippen LogP contribution in [0.4, 0.5) is 51.2 Å². The van der Waals surface area contributed by atoms with Crippen molar-refractivity contribution in [3.8, 4) is 11.1 Å². The first-order valence-corrected chi connectivity index (χ1v) is 31.7. The standard InChI is InChI=1S/C78H82BN3S/c1-72(2,3)51-42-66-69-67(43-51)82(55-31-34-59-61(45-55)76(10,11)39-37-74(59,6)7)70-57-47-62-63(78(14,15)41-40-77(62,12)13)48-68(57)83-71(70)79(69)64-35-32-56(46-65(64)81(66)54-30-33-58-60(44-54)75(8,9)38-36-73(58,4)5)80(52-24-20-17-21-25-52)53-28-26-50(27-29-53)49-22-18-16-19-23-49/h16,18-20,22-35,42-48H,36-41H2,1-15H3. The highest BCUT2D eigenvalue weighted by atomic mass is 32.1. The summed E-state index contributed by atoms with van der Waals surface area (Å²) in [6.07, 6.45) is 7.02. The van der Waals surface area contributed by atoms with Gasteiger partial charge in [0.2, 0.25) is 0 Å². The van der Waals surface area contributed by atoms with Crippen molar-refractivity contribution in [1.82, 2.24) is 0 Å². The van der Waals surface area contributed by atoms with Crippen molar-refractivity contribution in [2.75, 3.05) is 14.7 Å². The quantitative estimate of drug-likeness (QED) is 0.154. The summed E-state index contributed by atoms with van der Waals surface area (Å²) < 4.78 is 2.81. The summed E-state index contributed by atoms with van der Waals surface area (Å²) in [7, 11) is 0. The number of hydrogen-bond acceptors (Lipinski definition) is 4. The maximum Gasteiger partial charge on any atom is 0.264 e. The summed E-state index contributed by atoms with van der Waals surface area (Å²) in [5.74, 6) is 0. The van der Waals surface area contributed by atoms with Crippen molar-refractivity contribution in [1.29, 1.82) is 0 Å². The van der Waals surface area contributed by atoms with E-state index in [9.17, 15) is 0 Å². The van der Waals surface area contributed by atoms with Gasteiger partial charge in [0.05, 0.1) is 11.4 Å². The van der Waals surface area contributed by atoms with Gasteiger partial charge in [0, 0.05) is 60.7 Å². The zero-order valence-electron chi connectivity index (χ0n) is 52.0. The maximum absolute atomic E-state index is 3.34. The Labute approximate surface area is 500 Å². The molecule has 0 spiro atoms. The fourth-order valence-electron chi connectivity index (χ4n) is 15.4. The minimum absolute atomic E-state index is 0.0138. The first-order valence-electron chi connectivity index (χ1n) is 30.9. The molecule has 0 radical (unpaired) electrons. The highest BCUT2D eigenvalue weighted by Gasteiger charge is 2.49. The summed E-state index contributed by atoms with van der Waals surface area (Å²) in [4.78, 5) is 7.88. The predicted octanol–water partition coefficient (Wildman–Crippen LogP) is 20.1. The van der Waals surface area contributed by atoms with Crippen LogP contribution in [0.2, 0.25) is 0 Å². The third-order valence-corrected chi connectivity index (χ3v) is 22.3. The number of rotatable bonds is 6. The lowest BCUT2D eigenvalue weighted by molar-refractivity contribution is 0.332. The van der Waals surface area contributed by atoms with Crippen molar-refractivity contribution in [2.24, 2.45) is 0 Å². The van der Waals surface area contributed by atoms with Crippen molar-refractivity contribution in [2.45, 2.75) is 180 Å². The van der Waals surface area contributed by atoms with Crippen LogP contribution in [0.1, 0.15) is 181 Å². The van der Waals surface area contributed by atoms with E-state index in [1.165, 1.54) is 136 Å². The molecular formula is C78H82BN3S. The summed E-state index contributed by atoms with van der Waals surface area (Å²) in [6.45, 7) is 36.9. The molecule has 5 heteroatoms. The molecule has 0 amide bonds. The molecule has 3 aliphatic carbocycles. The third kappa shape index (κ3) is 8.49. The zero-order chi connectivity index (χ0) is 58.1. The second-order valence-corrected chi connectivity index (χ2v) is 31.5. The summed E-state index contributed by atoms with van der Waals surface area (Å²) in [5, 5.41) is 1.38. The number of nitrogens with zero attached hydrogens (tertiary/aromatic N) is 3. The van der Waals surface area contributed by atoms with Crippen LogP contribution in [-0.4, -0.2) is 6.71 Å². The molecule has 0 atom stereocenters. The van der Waals surface area contributed by atoms with Gasteiger partial charge in [-0.2, -0.15) is 0 Å². The Balaban J connectivity index is 1.09. The Morgan fingerprint density at radius 3 is 1.52 bits per heavy atom. The molecule has 0 N–H and O–H groups in total. The van der Waals surface area contributed by atoms with Crippen LogP contribution >= 0.6 is 11.3 Å². The van der Waals surface area contributed by atoms with Gasteiger partial charge < -0.3 is 14.7 Å². The second kappa shape index (κ2) is 18.3. The molecule has 0 bridgehead atoms. The van der Waals surface area contributed by atoms with Gasteiger partial charge in [0.25, 0.3) is 6.71 Å². The Bertz CT molecular complexity index is 4090. The average Bonchev–Trinajstić information content (AvgIpc) is 1.80. The second-order valence-electron chi connectivity index (χ2n) is 30.4. The number of anilines is 9. The average molecular weight is 1100 g/mol. The molecule has 0 saturated heterocycles. The van der Waals surface area contributed by atoms with E-state index in [1.807, 2.05) is 6.07 Å². The molecule has 8 aromatic carbocycles. The van der Waals surface area contributed by atoms with Crippen LogP contribution in [0.5, 0.6) is 0 Å². The molecule has 3 nitrogen and oxygen atoms in total. The van der Waals surface area contributed by atoms with Gasteiger partial charge >= 0.3 is 0 Å². The van der Waals surface area contributed by atoms with Crippen LogP contribution in [-0.2, 0) is 37.9 Å². The van der Waals surface area contributed by atoms with E-state index in [4.69, 9.17) is 0 Å². The van der Waals surface area contributed by atoms with Gasteiger partial charge in [-0.3, -0.25) is 0 Å². The van der Waals surface area contributed by atoms with Gasteiger partial charge in [-0.15, -0.1) is 11.3 Å². The molecule has 2 aliphatic heterocycles. The van der Waals surface area contributed by atoms with Crippen molar-refractivity contribution >= 4 is 95.0 Å². The molecule has 418 valence electrons. The summed E-state index contributed by atoms with van der Waals surface area (Å²) in [5.41, 5.74) is 26.4. The monoisotopic (exact) mass is 1100 g/mol. The minimum Gasteiger partial charge on any atom is -0.311 e. The molecule has 14 rings (SSSR count). The number of benzene rings is 7. The van der Waals surface area contributed by atoms with Crippen LogP contribution in [0.15, 0.2) is 152 Å². The van der Waals surface area contributed by atoms with E-state index >= 15 is 0 Å². The normalized spacial score (nSPS) is 18.9. The first-order chi connectivity index (χ1) is 39.2. The van der Waals surface area contributed by atoms with Gasteiger partial charge in [-0.25, -0.2) is 0 Å². The Morgan fingerprint density at radius 2 is 0.964 bits per heavy atom. The van der Waals surface area contributed by atoms with Crippen LogP contribution in [0, 0.1) is 12.1 Å². The Kier molecular flexibility index (Phi) is 11.9. The van der Waals surface area contributed by atoms with E-state index in [0.717, 1.165) is 29.9 Å². The van der Waals surface area contributed by atoms with Gasteiger partial charge in [-0.1, -0.05) is 177 Å². The largest absolute Gasteiger partial charge is 0.311 e. The topological polar surface area (TPSA) is 9.72 Å². The highest BCUT2D eigenvalue weighted by Crippen LogP contribution is 2.56. The van der Waals surface area contributed by atoms with Crippen molar-refractivity contribution in [3.05, 3.63) is 203 Å². The Morgan fingerprint density at radius 1 is 0.458 bits per heavy atom. The summed E-state index contributed by atoms with van der Waals surface area (Å²) in [6, 6.07) is 65.8. The van der Waals surface area contributed by atoms with Gasteiger partial charge in [0.1, 0.15) is 0 Å². The Hall–Kier alpha value is -7.00. The third-order valence-electron chi connectivity index (χ3n) is 21.1. The number of fused-ring (bicyclic) bond motifs is 9. The fraction of sp³-hybridized carbons (Fsp3) is 0.359. The van der Waals surface area contributed by atoms with Crippen LogP contribution in [0.25, 0.3) is 21.2 Å². The van der Waals surface area contributed by atoms with Crippen molar-refractivity contribution < 1.29 is 0 Å². The molecule has 83 heavy (non-hydrogen) atoms. The highest BCUT2D eigenvalue weighted by molar-refractivity contribution is 7.33. The maximum atomic E-state index is 3.34. The van der Waals surface area contributed by atoms with Gasteiger partial charge in [0.15, 0.2) is 0 Å². The minimum atomic E-state index is -0.167. The molecule has 9 aromatic rings.